The summed E-state index contributed by atoms with van der Waals surface area (Å²) in [4.78, 5) is 13.0. The molecule has 7 nitrogen and oxygen atoms in total. The first-order chi connectivity index (χ1) is 18.2. The van der Waals surface area contributed by atoms with Gasteiger partial charge in [-0.3, -0.25) is 4.79 Å². The molecular formula is C31H48N2O5. The highest BCUT2D eigenvalue weighted by molar-refractivity contribution is 5.92. The van der Waals surface area contributed by atoms with Crippen molar-refractivity contribution in [2.45, 2.75) is 65.5 Å². The number of amides is 1. The van der Waals surface area contributed by atoms with Gasteiger partial charge in [0.2, 0.25) is 5.91 Å². The van der Waals surface area contributed by atoms with E-state index in [-0.39, 0.29) is 23.7 Å². The van der Waals surface area contributed by atoms with Gasteiger partial charge in [0.1, 0.15) is 0 Å². The predicted octanol–water partition coefficient (Wildman–Crippen LogP) is 5.30. The van der Waals surface area contributed by atoms with Crippen molar-refractivity contribution in [1.82, 2.24) is 0 Å². The fourth-order valence-corrected chi connectivity index (χ4v) is 4.62. The molecule has 2 aromatic carbocycles. The molecule has 1 amide bonds. The summed E-state index contributed by atoms with van der Waals surface area (Å²) < 4.78 is 16.5. The summed E-state index contributed by atoms with van der Waals surface area (Å²) >= 11 is 0. The lowest BCUT2D eigenvalue weighted by atomic mass is 9.81. The molecule has 4 atom stereocenters. The maximum atomic E-state index is 13.0. The Balaban J connectivity index is 2.03. The number of hydrogen-bond donors (Lipinski definition) is 3. The minimum absolute atomic E-state index is 0.0723. The van der Waals surface area contributed by atoms with E-state index in [0.29, 0.717) is 37.7 Å². The van der Waals surface area contributed by atoms with E-state index in [1.54, 1.807) is 14.2 Å². The van der Waals surface area contributed by atoms with Crippen LogP contribution in [0, 0.1) is 23.7 Å². The normalized spacial score (nSPS) is 14.7. The van der Waals surface area contributed by atoms with Crippen LogP contribution in [0.5, 0.6) is 11.5 Å². The number of nitrogens with two attached hydrogens (primary N) is 1. The van der Waals surface area contributed by atoms with Gasteiger partial charge in [0, 0.05) is 37.8 Å². The van der Waals surface area contributed by atoms with Crippen LogP contribution in [0.25, 0.3) is 0 Å². The average Bonchev–Trinajstić information content (AvgIpc) is 2.89. The summed E-state index contributed by atoms with van der Waals surface area (Å²) in [6.45, 7) is 9.56. The molecule has 0 saturated heterocycles. The van der Waals surface area contributed by atoms with E-state index in [9.17, 15) is 9.90 Å². The van der Waals surface area contributed by atoms with Gasteiger partial charge in [-0.1, -0.05) is 52.0 Å². The predicted molar refractivity (Wildman–Crippen MR) is 154 cm³/mol. The number of carbonyl (C=O) groups excluding carboxylic acids is 1. The molecule has 0 aliphatic rings. The van der Waals surface area contributed by atoms with Gasteiger partial charge in [0.05, 0.1) is 19.8 Å². The molecule has 0 aromatic heterocycles. The first-order valence-corrected chi connectivity index (χ1v) is 13.7. The van der Waals surface area contributed by atoms with Crippen molar-refractivity contribution < 1.29 is 24.1 Å². The Labute approximate surface area is 229 Å². The van der Waals surface area contributed by atoms with Crippen LogP contribution >= 0.6 is 0 Å². The summed E-state index contributed by atoms with van der Waals surface area (Å²) in [5.74, 6) is 1.68. The van der Waals surface area contributed by atoms with Gasteiger partial charge >= 0.3 is 0 Å². The highest BCUT2D eigenvalue weighted by Gasteiger charge is 2.30. The molecule has 0 radical (unpaired) electrons. The van der Waals surface area contributed by atoms with Crippen molar-refractivity contribution >= 4 is 11.6 Å². The Morgan fingerprint density at radius 1 is 0.947 bits per heavy atom. The highest BCUT2D eigenvalue weighted by atomic mass is 16.5. The number of anilines is 1. The van der Waals surface area contributed by atoms with Crippen molar-refractivity contribution in [3.05, 3.63) is 54.1 Å². The minimum Gasteiger partial charge on any atom is -0.493 e. The summed E-state index contributed by atoms with van der Waals surface area (Å²) in [5.41, 5.74) is 8.43. The molecule has 0 spiro atoms. The molecule has 212 valence electrons. The van der Waals surface area contributed by atoms with Crippen molar-refractivity contribution in [3.63, 3.8) is 0 Å². The van der Waals surface area contributed by atoms with E-state index in [1.807, 2.05) is 56.3 Å². The molecule has 0 bridgehead atoms. The van der Waals surface area contributed by atoms with Crippen LogP contribution in [0.3, 0.4) is 0 Å². The molecule has 0 fully saturated rings. The molecule has 2 rings (SSSR count). The Hall–Kier alpha value is -2.61. The second-order valence-electron chi connectivity index (χ2n) is 10.8. The molecule has 0 aliphatic heterocycles. The number of aliphatic hydroxyl groups is 1. The molecule has 2 aromatic rings. The van der Waals surface area contributed by atoms with Gasteiger partial charge in [-0.15, -0.1) is 0 Å². The molecular weight excluding hydrogens is 480 g/mol. The highest BCUT2D eigenvalue weighted by Crippen LogP contribution is 2.32. The first kappa shape index (κ1) is 31.6. The third-order valence-corrected chi connectivity index (χ3v) is 7.17. The quantitative estimate of drug-likeness (QED) is 0.241. The maximum Gasteiger partial charge on any atom is 0.227 e. The van der Waals surface area contributed by atoms with Crippen LogP contribution in [-0.2, 0) is 16.0 Å². The van der Waals surface area contributed by atoms with E-state index in [2.05, 4.69) is 25.2 Å². The lowest BCUT2D eigenvalue weighted by Crippen LogP contribution is -2.41. The number of carbonyl (C=O) groups is 1. The van der Waals surface area contributed by atoms with Gasteiger partial charge in [-0.05, 0) is 66.8 Å². The fourth-order valence-electron chi connectivity index (χ4n) is 4.62. The number of rotatable bonds is 17. The third-order valence-electron chi connectivity index (χ3n) is 7.17. The summed E-state index contributed by atoms with van der Waals surface area (Å²) in [6.07, 6.45) is 1.80. The largest absolute Gasteiger partial charge is 0.493 e. The molecule has 0 unspecified atom stereocenters. The van der Waals surface area contributed by atoms with E-state index in [1.165, 1.54) is 0 Å². The van der Waals surface area contributed by atoms with Crippen LogP contribution < -0.4 is 20.5 Å². The Morgan fingerprint density at radius 3 is 2.26 bits per heavy atom. The zero-order chi connectivity index (χ0) is 28.1. The summed E-state index contributed by atoms with van der Waals surface area (Å²) in [7, 11) is 3.32. The Morgan fingerprint density at radius 2 is 1.66 bits per heavy atom. The number of para-hydroxylation sites is 1. The van der Waals surface area contributed by atoms with E-state index in [0.717, 1.165) is 29.8 Å². The summed E-state index contributed by atoms with van der Waals surface area (Å²) in [5, 5.41) is 14.0. The smallest absolute Gasteiger partial charge is 0.227 e. The van der Waals surface area contributed by atoms with E-state index >= 15 is 0 Å². The van der Waals surface area contributed by atoms with Crippen molar-refractivity contribution in [3.8, 4) is 11.5 Å². The van der Waals surface area contributed by atoms with Crippen LogP contribution in [0.4, 0.5) is 5.69 Å². The van der Waals surface area contributed by atoms with Crippen LogP contribution in [-0.4, -0.2) is 50.6 Å². The Kier molecular flexibility index (Phi) is 13.6. The lowest BCUT2D eigenvalue weighted by molar-refractivity contribution is -0.122. The Bertz CT molecular complexity index is 951. The maximum absolute atomic E-state index is 13.0. The van der Waals surface area contributed by atoms with E-state index < -0.39 is 12.1 Å². The number of hydrogen-bond acceptors (Lipinski definition) is 6. The van der Waals surface area contributed by atoms with Gasteiger partial charge in [-0.25, -0.2) is 0 Å². The molecule has 0 saturated carbocycles. The molecule has 0 heterocycles. The SMILES string of the molecule is COCCCOc1cc(C[C@@H](C[C@H](N)[C@@H](O)C[C@@H](C(=O)Nc2ccccc2)C(C)C)C(C)C)ccc1OC. The standard InChI is InChI=1S/C31H48N2O5/c1-21(2)24(17-23-13-14-29(37-6)30(18-23)38-16-10-15-36-5)19-27(32)28(34)20-26(22(3)4)31(35)33-25-11-8-7-9-12-25/h7-9,11-14,18,21-22,24,26-28,34H,10,15-17,19-20,32H2,1-6H3,(H,33,35)/t24-,26+,27-,28-/m0/s1. The molecule has 38 heavy (non-hydrogen) atoms. The van der Waals surface area contributed by atoms with Crippen LogP contribution in [0.1, 0.15) is 52.5 Å². The van der Waals surface area contributed by atoms with Crippen LogP contribution in [0.2, 0.25) is 0 Å². The van der Waals surface area contributed by atoms with Crippen molar-refractivity contribution in [1.29, 1.82) is 0 Å². The monoisotopic (exact) mass is 528 g/mol. The van der Waals surface area contributed by atoms with Gasteiger partial charge in [0.25, 0.3) is 0 Å². The number of ether oxygens (including phenoxy) is 3. The molecule has 4 N–H and O–H groups in total. The van der Waals surface area contributed by atoms with Crippen LogP contribution in [0.15, 0.2) is 48.5 Å². The number of aliphatic hydroxyl groups excluding tert-OH is 1. The van der Waals surface area contributed by atoms with E-state index in [4.69, 9.17) is 19.9 Å². The zero-order valence-corrected chi connectivity index (χ0v) is 24.0. The fraction of sp³-hybridized carbons (Fsp3) is 0.581. The number of methoxy groups -OCH3 is 2. The molecule has 0 aliphatic carbocycles. The first-order valence-electron chi connectivity index (χ1n) is 13.7. The van der Waals surface area contributed by atoms with Gasteiger partial charge in [-0.2, -0.15) is 0 Å². The van der Waals surface area contributed by atoms with Crippen molar-refractivity contribution in [2.24, 2.45) is 29.4 Å². The molecule has 7 heteroatoms. The second-order valence-corrected chi connectivity index (χ2v) is 10.8. The zero-order valence-electron chi connectivity index (χ0n) is 24.0. The number of nitrogens with one attached hydrogen (secondary N) is 1. The average molecular weight is 529 g/mol. The van der Waals surface area contributed by atoms with Gasteiger partial charge < -0.3 is 30.4 Å². The lowest BCUT2D eigenvalue weighted by Gasteiger charge is -2.30. The summed E-state index contributed by atoms with van der Waals surface area (Å²) in [6, 6.07) is 15.0. The van der Waals surface area contributed by atoms with Gasteiger partial charge in [0.15, 0.2) is 11.5 Å². The second kappa shape index (κ2) is 16.4. The number of benzene rings is 2. The minimum atomic E-state index is -0.777. The topological polar surface area (TPSA) is 103 Å². The third kappa shape index (κ3) is 10.3. The van der Waals surface area contributed by atoms with Crippen molar-refractivity contribution in [2.75, 3.05) is 32.8 Å².